The van der Waals surface area contributed by atoms with Crippen molar-refractivity contribution in [3.8, 4) is 5.75 Å². The monoisotopic (exact) mass is 505 g/mol. The van der Waals surface area contributed by atoms with Crippen LogP contribution >= 0.6 is 15.9 Å². The van der Waals surface area contributed by atoms with E-state index in [9.17, 15) is 18.3 Å². The molecule has 32 heavy (non-hydrogen) atoms. The van der Waals surface area contributed by atoms with Crippen molar-refractivity contribution in [3.05, 3.63) is 88.2 Å². The number of hydrogen-bond acceptors (Lipinski definition) is 5. The highest BCUT2D eigenvalue weighted by molar-refractivity contribution is 9.10. The van der Waals surface area contributed by atoms with Crippen LogP contribution in [0.1, 0.15) is 29.2 Å². The lowest BCUT2D eigenvalue weighted by molar-refractivity contribution is -0.274. The van der Waals surface area contributed by atoms with Gasteiger partial charge in [0.25, 0.3) is 0 Å². The van der Waals surface area contributed by atoms with Gasteiger partial charge in [-0.1, -0.05) is 15.9 Å². The third-order valence-corrected chi connectivity index (χ3v) is 5.51. The maximum absolute atomic E-state index is 12.5. The Labute approximate surface area is 191 Å². The van der Waals surface area contributed by atoms with Gasteiger partial charge in [-0.15, -0.1) is 13.2 Å². The Kier molecular flexibility index (Phi) is 6.48. The van der Waals surface area contributed by atoms with Crippen LogP contribution in [0.2, 0.25) is 0 Å². The van der Waals surface area contributed by atoms with Crippen LogP contribution in [0.15, 0.2) is 76.5 Å². The Bertz CT molecular complexity index is 1110. The second kappa shape index (κ2) is 9.30. The predicted molar refractivity (Wildman–Crippen MR) is 118 cm³/mol. The molecule has 0 amide bonds. The van der Waals surface area contributed by atoms with Crippen LogP contribution in [0.5, 0.6) is 5.75 Å². The molecule has 0 fully saturated rings. The summed E-state index contributed by atoms with van der Waals surface area (Å²) in [6, 6.07) is 15.1. The van der Waals surface area contributed by atoms with E-state index in [1.165, 1.54) is 12.1 Å². The van der Waals surface area contributed by atoms with Gasteiger partial charge in [-0.05, 0) is 66.6 Å². The molecular formula is C23H19BrF3N3O2. The van der Waals surface area contributed by atoms with E-state index in [2.05, 4.69) is 30.6 Å². The van der Waals surface area contributed by atoms with Gasteiger partial charge in [-0.2, -0.15) is 0 Å². The molecule has 2 aromatic carbocycles. The normalized spacial score (nSPS) is 15.8. The van der Waals surface area contributed by atoms with Crippen molar-refractivity contribution in [3.63, 3.8) is 0 Å². The Hall–Kier alpha value is -2.91. The molecule has 3 aromatic rings. The van der Waals surface area contributed by atoms with Crippen LogP contribution in [-0.2, 0) is 0 Å². The molecule has 9 heteroatoms. The molecule has 0 radical (unpaired) electrons. The number of nitrogens with zero attached hydrogens (tertiary/aromatic N) is 3. The maximum Gasteiger partial charge on any atom is 0.573 e. The van der Waals surface area contributed by atoms with Gasteiger partial charge in [0.05, 0.1) is 11.7 Å². The molecule has 1 aliphatic heterocycles. The summed E-state index contributed by atoms with van der Waals surface area (Å²) < 4.78 is 42.5. The van der Waals surface area contributed by atoms with E-state index < -0.39 is 6.36 Å². The van der Waals surface area contributed by atoms with Gasteiger partial charge in [-0.3, -0.25) is 4.98 Å². The number of fused-ring (bicyclic) bond motifs is 1. The average Bonchev–Trinajstić information content (AvgIpc) is 2.77. The highest BCUT2D eigenvalue weighted by atomic mass is 79.9. The van der Waals surface area contributed by atoms with Crippen molar-refractivity contribution in [1.29, 1.82) is 0 Å². The van der Waals surface area contributed by atoms with Gasteiger partial charge in [0.15, 0.2) is 0 Å². The molecule has 0 saturated carbocycles. The molecule has 1 aliphatic rings. The molecule has 166 valence electrons. The van der Waals surface area contributed by atoms with E-state index in [-0.39, 0.29) is 18.4 Å². The molecule has 4 rings (SSSR count). The Morgan fingerprint density at radius 3 is 2.41 bits per heavy atom. The third-order valence-electron chi connectivity index (χ3n) is 5.02. The number of rotatable bonds is 6. The second-order valence-electron chi connectivity index (χ2n) is 7.16. The molecule has 0 aliphatic carbocycles. The lowest BCUT2D eigenvalue weighted by atomic mass is 9.93. The van der Waals surface area contributed by atoms with Gasteiger partial charge in [0.1, 0.15) is 11.6 Å². The smallest absolute Gasteiger partial charge is 0.406 e. The van der Waals surface area contributed by atoms with Crippen LogP contribution in [0, 0.1) is 0 Å². The highest BCUT2D eigenvalue weighted by Crippen LogP contribution is 2.41. The van der Waals surface area contributed by atoms with Gasteiger partial charge < -0.3 is 14.7 Å². The van der Waals surface area contributed by atoms with Crippen molar-refractivity contribution < 1.29 is 23.0 Å². The minimum absolute atomic E-state index is 0.00343. The van der Waals surface area contributed by atoms with Crippen LogP contribution in [0.4, 0.5) is 18.9 Å². The van der Waals surface area contributed by atoms with Crippen molar-refractivity contribution in [2.24, 2.45) is 4.99 Å². The Balaban J connectivity index is 1.82. The van der Waals surface area contributed by atoms with Crippen LogP contribution in [-0.4, -0.2) is 40.3 Å². The SMILES string of the molecule is OCCCN1C(c2ccc(OC(F)(F)F)cc2)=Nc2ccc(Br)cc2C1c1ccncc1. The zero-order valence-electron chi connectivity index (χ0n) is 16.8. The summed E-state index contributed by atoms with van der Waals surface area (Å²) in [6.07, 6.45) is -0.827. The number of benzene rings is 2. The predicted octanol–water partition coefficient (Wildman–Crippen LogP) is 5.61. The fourth-order valence-corrected chi connectivity index (χ4v) is 4.11. The first-order valence-corrected chi connectivity index (χ1v) is 10.7. The first-order valence-electron chi connectivity index (χ1n) is 9.87. The topological polar surface area (TPSA) is 58.0 Å². The minimum atomic E-state index is -4.75. The molecule has 0 saturated heterocycles. The van der Waals surface area contributed by atoms with Crippen LogP contribution < -0.4 is 4.74 Å². The second-order valence-corrected chi connectivity index (χ2v) is 8.08. The number of ether oxygens (including phenoxy) is 1. The third kappa shape index (κ3) is 4.94. The summed E-state index contributed by atoms with van der Waals surface area (Å²) in [4.78, 5) is 11.0. The zero-order chi connectivity index (χ0) is 22.7. The Morgan fingerprint density at radius 1 is 1.03 bits per heavy atom. The number of aliphatic hydroxyl groups is 1. The first-order chi connectivity index (χ1) is 15.4. The molecule has 1 unspecified atom stereocenters. The molecule has 2 heterocycles. The van der Waals surface area contributed by atoms with Gasteiger partial charge >= 0.3 is 6.36 Å². The number of aliphatic hydroxyl groups excluding tert-OH is 1. The van der Waals surface area contributed by atoms with E-state index in [0.29, 0.717) is 24.4 Å². The molecule has 1 N–H and O–H groups in total. The number of alkyl halides is 3. The highest BCUT2D eigenvalue weighted by Gasteiger charge is 2.33. The number of aromatic nitrogens is 1. The Morgan fingerprint density at radius 2 is 1.75 bits per heavy atom. The van der Waals surface area contributed by atoms with Crippen LogP contribution in [0.25, 0.3) is 0 Å². The summed E-state index contributed by atoms with van der Waals surface area (Å²) in [7, 11) is 0. The minimum Gasteiger partial charge on any atom is -0.406 e. The number of amidine groups is 1. The lowest BCUT2D eigenvalue weighted by Crippen LogP contribution is -2.39. The summed E-state index contributed by atoms with van der Waals surface area (Å²) in [5.74, 6) is 0.309. The molecule has 1 aromatic heterocycles. The molecule has 0 spiro atoms. The molecule has 1 atom stereocenters. The number of aliphatic imine (C=N–C) groups is 1. The number of pyridine rings is 1. The molecular weight excluding hydrogens is 487 g/mol. The van der Waals surface area contributed by atoms with Gasteiger partial charge in [0, 0.05) is 41.1 Å². The van der Waals surface area contributed by atoms with Crippen molar-refractivity contribution in [1.82, 2.24) is 9.88 Å². The number of hydrogen-bond donors (Lipinski definition) is 1. The van der Waals surface area contributed by atoms with Crippen molar-refractivity contribution >= 4 is 27.5 Å². The fourth-order valence-electron chi connectivity index (χ4n) is 3.73. The lowest BCUT2D eigenvalue weighted by Gasteiger charge is -2.39. The van der Waals surface area contributed by atoms with E-state index in [1.54, 1.807) is 24.5 Å². The zero-order valence-corrected chi connectivity index (χ0v) is 18.3. The van der Waals surface area contributed by atoms with E-state index in [1.807, 2.05) is 30.3 Å². The van der Waals surface area contributed by atoms with E-state index in [0.717, 1.165) is 21.3 Å². The summed E-state index contributed by atoms with van der Waals surface area (Å²) in [5, 5.41) is 9.49. The first kappa shape index (κ1) is 22.3. The number of halogens is 4. The summed E-state index contributed by atoms with van der Waals surface area (Å²) >= 11 is 3.53. The maximum atomic E-state index is 12.5. The average molecular weight is 506 g/mol. The largest absolute Gasteiger partial charge is 0.573 e. The molecule has 0 bridgehead atoms. The summed E-state index contributed by atoms with van der Waals surface area (Å²) in [6.45, 7) is 0.492. The van der Waals surface area contributed by atoms with Crippen molar-refractivity contribution in [2.45, 2.75) is 18.8 Å². The van der Waals surface area contributed by atoms with Crippen LogP contribution in [0.3, 0.4) is 0 Å². The van der Waals surface area contributed by atoms with Crippen molar-refractivity contribution in [2.75, 3.05) is 13.2 Å². The standard InChI is InChI=1S/C23H19BrF3N3O2/c24-17-4-7-20-19(14-17)21(15-8-10-28-11-9-15)30(12-1-13-31)22(29-20)16-2-5-18(6-3-16)32-23(25,26)27/h2-11,14,21,31H,1,12-13H2. The van der Waals surface area contributed by atoms with E-state index >= 15 is 0 Å². The summed E-state index contributed by atoms with van der Waals surface area (Å²) in [5.41, 5.74) is 3.37. The molecule has 5 nitrogen and oxygen atoms in total. The fraction of sp³-hybridized carbons (Fsp3) is 0.217. The van der Waals surface area contributed by atoms with Gasteiger partial charge in [-0.25, -0.2) is 4.99 Å². The quantitative estimate of drug-likeness (QED) is 0.473. The van der Waals surface area contributed by atoms with E-state index in [4.69, 9.17) is 4.99 Å². The van der Waals surface area contributed by atoms with Gasteiger partial charge in [0.2, 0.25) is 0 Å².